The highest BCUT2D eigenvalue weighted by molar-refractivity contribution is 5.81. The lowest BCUT2D eigenvalue weighted by atomic mass is 9.91. The molecule has 0 saturated carbocycles. The first kappa shape index (κ1) is 12.5. The monoisotopic (exact) mass is 214 g/mol. The summed E-state index contributed by atoms with van der Waals surface area (Å²) in [6.07, 6.45) is 0.980. The molecule has 88 valence electrons. The zero-order valence-corrected chi connectivity index (χ0v) is 9.86. The van der Waals surface area contributed by atoms with E-state index in [9.17, 15) is 9.90 Å². The van der Waals surface area contributed by atoms with Crippen molar-refractivity contribution in [1.29, 1.82) is 0 Å². The largest absolute Gasteiger partial charge is 0.383 e. The van der Waals surface area contributed by atoms with Crippen molar-refractivity contribution in [2.75, 3.05) is 20.1 Å². The van der Waals surface area contributed by atoms with Gasteiger partial charge in [-0.2, -0.15) is 0 Å². The first-order valence-electron chi connectivity index (χ1n) is 5.67. The zero-order valence-electron chi connectivity index (χ0n) is 9.86. The van der Waals surface area contributed by atoms with E-state index in [0.29, 0.717) is 0 Å². The van der Waals surface area contributed by atoms with Gasteiger partial charge in [0, 0.05) is 6.04 Å². The number of nitrogens with one attached hydrogen (secondary N) is 1. The molecule has 1 atom stereocenters. The minimum Gasteiger partial charge on any atom is -0.383 e. The van der Waals surface area contributed by atoms with Crippen LogP contribution < -0.4 is 5.32 Å². The molecule has 1 fully saturated rings. The number of carbonyl (C=O) groups is 1. The molecule has 0 radical (unpaired) electrons. The number of likely N-dealkylation sites (tertiary alicyclic amines) is 1. The summed E-state index contributed by atoms with van der Waals surface area (Å²) >= 11 is 0. The summed E-state index contributed by atoms with van der Waals surface area (Å²) in [6, 6.07) is 0.0958. The van der Waals surface area contributed by atoms with Crippen molar-refractivity contribution in [3.05, 3.63) is 0 Å². The van der Waals surface area contributed by atoms with Crippen LogP contribution in [0, 0.1) is 5.92 Å². The molecule has 0 aliphatic carbocycles. The van der Waals surface area contributed by atoms with Crippen molar-refractivity contribution in [2.45, 2.75) is 38.8 Å². The van der Waals surface area contributed by atoms with Gasteiger partial charge in [-0.25, -0.2) is 0 Å². The van der Waals surface area contributed by atoms with Crippen molar-refractivity contribution < 1.29 is 9.90 Å². The van der Waals surface area contributed by atoms with Crippen LogP contribution in [0.2, 0.25) is 0 Å². The Morgan fingerprint density at radius 2 is 1.93 bits per heavy atom. The Labute approximate surface area is 91.6 Å². The molecule has 4 nitrogen and oxygen atoms in total. The molecule has 15 heavy (non-hydrogen) atoms. The summed E-state index contributed by atoms with van der Waals surface area (Å²) in [5.41, 5.74) is 0. The van der Waals surface area contributed by atoms with Crippen LogP contribution in [0.5, 0.6) is 0 Å². The molecule has 4 heteroatoms. The number of nitrogens with zero attached hydrogens (tertiary/aromatic N) is 1. The van der Waals surface area contributed by atoms with Gasteiger partial charge in [-0.05, 0) is 52.7 Å². The Morgan fingerprint density at radius 1 is 1.40 bits per heavy atom. The molecule has 0 bridgehead atoms. The maximum atomic E-state index is 11.6. The number of aliphatic hydroxyl groups is 1. The maximum absolute atomic E-state index is 11.6. The van der Waals surface area contributed by atoms with E-state index in [4.69, 9.17) is 0 Å². The lowest BCUT2D eigenvalue weighted by Gasteiger charge is -2.31. The van der Waals surface area contributed by atoms with Gasteiger partial charge < -0.3 is 15.3 Å². The van der Waals surface area contributed by atoms with Gasteiger partial charge >= 0.3 is 0 Å². The molecule has 1 aliphatic heterocycles. The minimum atomic E-state index is -0.832. The number of aliphatic hydroxyl groups excluding tert-OH is 1. The molecule has 1 heterocycles. The van der Waals surface area contributed by atoms with Gasteiger partial charge in [0.05, 0.1) is 0 Å². The van der Waals surface area contributed by atoms with E-state index in [0.717, 1.165) is 25.9 Å². The number of hydrogen-bond donors (Lipinski definition) is 2. The quantitative estimate of drug-likeness (QED) is 0.706. The van der Waals surface area contributed by atoms with Crippen LogP contribution in [-0.4, -0.2) is 48.2 Å². The van der Waals surface area contributed by atoms with Gasteiger partial charge in [0.2, 0.25) is 5.91 Å². The molecule has 1 rings (SSSR count). The molecule has 1 saturated heterocycles. The molecular formula is C11H22N2O2. The molecule has 1 aliphatic rings. The SMILES string of the molecule is CC(C)NC(=O)C(O)C1CCN(C)CC1. The summed E-state index contributed by atoms with van der Waals surface area (Å²) in [4.78, 5) is 13.8. The standard InChI is InChI=1S/C11H22N2O2/c1-8(2)12-11(15)10(14)9-4-6-13(3)7-5-9/h8-10,14H,4-7H2,1-3H3,(H,12,15). The van der Waals surface area contributed by atoms with Crippen molar-refractivity contribution >= 4 is 5.91 Å². The molecule has 0 spiro atoms. The fourth-order valence-electron chi connectivity index (χ4n) is 1.93. The number of hydrogen-bond acceptors (Lipinski definition) is 3. The summed E-state index contributed by atoms with van der Waals surface area (Å²) in [5.74, 6) is -0.0977. The highest BCUT2D eigenvalue weighted by Gasteiger charge is 2.28. The third-order valence-electron chi connectivity index (χ3n) is 2.91. The second kappa shape index (κ2) is 5.47. The average Bonchev–Trinajstić information content (AvgIpc) is 2.17. The molecule has 0 aromatic rings. The molecule has 0 aromatic carbocycles. The van der Waals surface area contributed by atoms with E-state index >= 15 is 0 Å². The van der Waals surface area contributed by atoms with Gasteiger partial charge in [0.1, 0.15) is 6.10 Å². The molecule has 0 aromatic heterocycles. The first-order chi connectivity index (χ1) is 7.00. The third kappa shape index (κ3) is 3.80. The molecule has 1 amide bonds. The topological polar surface area (TPSA) is 52.6 Å². The van der Waals surface area contributed by atoms with Gasteiger partial charge in [-0.1, -0.05) is 0 Å². The number of amides is 1. The average molecular weight is 214 g/mol. The number of carbonyl (C=O) groups excluding carboxylic acids is 1. The van der Waals surface area contributed by atoms with Crippen LogP contribution in [0.1, 0.15) is 26.7 Å². The first-order valence-corrected chi connectivity index (χ1v) is 5.67. The van der Waals surface area contributed by atoms with Crippen LogP contribution in [0.3, 0.4) is 0 Å². The maximum Gasteiger partial charge on any atom is 0.249 e. The molecule has 2 N–H and O–H groups in total. The molecular weight excluding hydrogens is 192 g/mol. The Hall–Kier alpha value is -0.610. The van der Waals surface area contributed by atoms with E-state index in [1.54, 1.807) is 0 Å². The van der Waals surface area contributed by atoms with Crippen molar-refractivity contribution in [2.24, 2.45) is 5.92 Å². The Kier molecular flexibility index (Phi) is 4.54. The van der Waals surface area contributed by atoms with Crippen LogP contribution in [-0.2, 0) is 4.79 Å². The van der Waals surface area contributed by atoms with Crippen molar-refractivity contribution in [1.82, 2.24) is 10.2 Å². The number of piperidine rings is 1. The minimum absolute atomic E-state index is 0.0958. The Morgan fingerprint density at radius 3 is 2.40 bits per heavy atom. The smallest absolute Gasteiger partial charge is 0.249 e. The lowest BCUT2D eigenvalue weighted by Crippen LogP contribution is -2.45. The fraction of sp³-hybridized carbons (Fsp3) is 0.909. The van der Waals surface area contributed by atoms with Gasteiger partial charge in [0.25, 0.3) is 0 Å². The van der Waals surface area contributed by atoms with E-state index in [-0.39, 0.29) is 17.9 Å². The Balaban J connectivity index is 2.39. The second-order valence-electron chi connectivity index (χ2n) is 4.75. The highest BCUT2D eigenvalue weighted by atomic mass is 16.3. The van der Waals surface area contributed by atoms with Crippen LogP contribution >= 0.6 is 0 Å². The second-order valence-corrected chi connectivity index (χ2v) is 4.75. The molecule has 1 unspecified atom stereocenters. The number of rotatable bonds is 3. The lowest BCUT2D eigenvalue weighted by molar-refractivity contribution is -0.133. The van der Waals surface area contributed by atoms with E-state index in [2.05, 4.69) is 17.3 Å². The fourth-order valence-corrected chi connectivity index (χ4v) is 1.93. The van der Waals surface area contributed by atoms with Crippen LogP contribution in [0.25, 0.3) is 0 Å². The highest BCUT2D eigenvalue weighted by Crippen LogP contribution is 2.19. The summed E-state index contributed by atoms with van der Waals surface area (Å²) in [7, 11) is 2.07. The summed E-state index contributed by atoms with van der Waals surface area (Å²) < 4.78 is 0. The van der Waals surface area contributed by atoms with Crippen molar-refractivity contribution in [3.8, 4) is 0 Å². The summed E-state index contributed by atoms with van der Waals surface area (Å²) in [6.45, 7) is 5.74. The normalized spacial score (nSPS) is 21.7. The van der Waals surface area contributed by atoms with E-state index < -0.39 is 6.10 Å². The van der Waals surface area contributed by atoms with E-state index in [1.165, 1.54) is 0 Å². The van der Waals surface area contributed by atoms with Gasteiger partial charge in [0.15, 0.2) is 0 Å². The van der Waals surface area contributed by atoms with Gasteiger partial charge in [-0.3, -0.25) is 4.79 Å². The van der Waals surface area contributed by atoms with Crippen LogP contribution in [0.4, 0.5) is 0 Å². The Bertz CT molecular complexity index is 211. The van der Waals surface area contributed by atoms with Gasteiger partial charge in [-0.15, -0.1) is 0 Å². The zero-order chi connectivity index (χ0) is 11.4. The van der Waals surface area contributed by atoms with Crippen LogP contribution in [0.15, 0.2) is 0 Å². The van der Waals surface area contributed by atoms with E-state index in [1.807, 2.05) is 13.8 Å². The summed E-state index contributed by atoms with van der Waals surface area (Å²) in [5, 5.41) is 12.6. The predicted octanol–water partition coefficient (Wildman–Crippen LogP) is 0.214. The van der Waals surface area contributed by atoms with Crippen molar-refractivity contribution in [3.63, 3.8) is 0 Å². The third-order valence-corrected chi connectivity index (χ3v) is 2.91. The predicted molar refractivity (Wildman–Crippen MR) is 59.5 cm³/mol.